The number of aryl methyl sites for hydroxylation is 1. The van der Waals surface area contributed by atoms with Crippen LogP contribution >= 0.6 is 11.3 Å². The number of fused-ring (bicyclic) bond motifs is 1. The van der Waals surface area contributed by atoms with Gasteiger partial charge in [0.25, 0.3) is 0 Å². The fraction of sp³-hybridized carbons (Fsp3) is 0.769. The van der Waals surface area contributed by atoms with Gasteiger partial charge in [0.2, 0.25) is 0 Å². The van der Waals surface area contributed by atoms with Crippen molar-refractivity contribution in [1.29, 1.82) is 0 Å². The van der Waals surface area contributed by atoms with E-state index in [1.54, 1.807) is 0 Å². The second kappa shape index (κ2) is 4.46. The van der Waals surface area contributed by atoms with Crippen molar-refractivity contribution in [1.82, 2.24) is 10.3 Å². The molecule has 1 heterocycles. The summed E-state index contributed by atoms with van der Waals surface area (Å²) in [5, 5.41) is 4.73. The van der Waals surface area contributed by atoms with Crippen LogP contribution in [-0.4, -0.2) is 12.0 Å². The first-order chi connectivity index (χ1) is 7.49. The van der Waals surface area contributed by atoms with Gasteiger partial charge in [-0.1, -0.05) is 20.8 Å². The van der Waals surface area contributed by atoms with Gasteiger partial charge in [-0.2, -0.15) is 0 Å². The average Bonchev–Trinajstić information content (AvgIpc) is 2.56. The molecule has 1 aliphatic rings. The molecule has 2 nitrogen and oxygen atoms in total. The summed E-state index contributed by atoms with van der Waals surface area (Å²) in [5.74, 6) is 0. The molecule has 1 aromatic rings. The molecule has 0 aliphatic heterocycles. The van der Waals surface area contributed by atoms with Gasteiger partial charge < -0.3 is 5.32 Å². The molecular formula is C13H22N2S. The third kappa shape index (κ3) is 2.64. The summed E-state index contributed by atoms with van der Waals surface area (Å²) in [6, 6.07) is 0.551. The number of aromatic nitrogens is 1. The molecule has 0 amide bonds. The third-order valence-electron chi connectivity index (χ3n) is 3.02. The van der Waals surface area contributed by atoms with Crippen molar-refractivity contribution < 1.29 is 0 Å². The van der Waals surface area contributed by atoms with Crippen molar-refractivity contribution in [2.75, 3.05) is 7.05 Å². The topological polar surface area (TPSA) is 24.9 Å². The van der Waals surface area contributed by atoms with Gasteiger partial charge in [-0.3, -0.25) is 0 Å². The van der Waals surface area contributed by atoms with E-state index in [9.17, 15) is 0 Å². The van der Waals surface area contributed by atoms with E-state index in [0.717, 1.165) is 6.42 Å². The molecule has 0 spiro atoms. The van der Waals surface area contributed by atoms with E-state index in [1.165, 1.54) is 34.8 Å². The molecule has 90 valence electrons. The number of thiazole rings is 1. The van der Waals surface area contributed by atoms with E-state index in [0.29, 0.717) is 11.5 Å². The minimum absolute atomic E-state index is 0.343. The molecule has 0 fully saturated rings. The van der Waals surface area contributed by atoms with E-state index in [2.05, 4.69) is 33.1 Å². The molecule has 1 aliphatic carbocycles. The maximum atomic E-state index is 4.81. The highest BCUT2D eigenvalue weighted by Crippen LogP contribution is 2.35. The second-order valence-electron chi connectivity index (χ2n) is 5.89. The van der Waals surface area contributed by atoms with Crippen LogP contribution in [0, 0.1) is 5.41 Å². The van der Waals surface area contributed by atoms with Crippen LogP contribution in [0.3, 0.4) is 0 Å². The first-order valence-electron chi connectivity index (χ1n) is 6.15. The molecule has 1 atom stereocenters. The summed E-state index contributed by atoms with van der Waals surface area (Å²) >= 11 is 1.92. The Balaban J connectivity index is 2.22. The van der Waals surface area contributed by atoms with Gasteiger partial charge in [0.15, 0.2) is 0 Å². The van der Waals surface area contributed by atoms with Gasteiger partial charge in [-0.05, 0) is 31.7 Å². The highest BCUT2D eigenvalue weighted by atomic mass is 32.1. The lowest BCUT2D eigenvalue weighted by Gasteiger charge is -2.20. The zero-order chi connectivity index (χ0) is 11.8. The van der Waals surface area contributed by atoms with Crippen molar-refractivity contribution in [3.05, 3.63) is 15.6 Å². The van der Waals surface area contributed by atoms with E-state index >= 15 is 0 Å². The van der Waals surface area contributed by atoms with Crippen LogP contribution in [-0.2, 0) is 12.8 Å². The fourth-order valence-corrected chi connectivity index (χ4v) is 3.83. The average molecular weight is 238 g/mol. The quantitative estimate of drug-likeness (QED) is 0.855. The molecule has 1 aromatic heterocycles. The summed E-state index contributed by atoms with van der Waals surface area (Å²) < 4.78 is 0. The third-order valence-corrected chi connectivity index (χ3v) is 4.24. The SMILES string of the molecule is CNC1CCCc2nc(CC(C)(C)C)sc21. The van der Waals surface area contributed by atoms with Crippen LogP contribution < -0.4 is 5.32 Å². The zero-order valence-electron chi connectivity index (χ0n) is 10.8. The van der Waals surface area contributed by atoms with E-state index in [4.69, 9.17) is 4.98 Å². The maximum Gasteiger partial charge on any atom is 0.0936 e. The second-order valence-corrected chi connectivity index (χ2v) is 7.00. The van der Waals surface area contributed by atoms with Gasteiger partial charge in [0.05, 0.1) is 10.7 Å². The van der Waals surface area contributed by atoms with Crippen LogP contribution in [0.5, 0.6) is 0 Å². The van der Waals surface area contributed by atoms with E-state index in [1.807, 2.05) is 11.3 Å². The van der Waals surface area contributed by atoms with Crippen LogP contribution in [0.4, 0.5) is 0 Å². The van der Waals surface area contributed by atoms with Crippen molar-refractivity contribution >= 4 is 11.3 Å². The summed E-state index contributed by atoms with van der Waals surface area (Å²) in [6.07, 6.45) is 4.81. The Morgan fingerprint density at radius 1 is 1.44 bits per heavy atom. The molecule has 3 heteroatoms. The molecule has 0 bridgehead atoms. The van der Waals surface area contributed by atoms with Gasteiger partial charge in [0, 0.05) is 17.3 Å². The van der Waals surface area contributed by atoms with Crippen LogP contribution in [0.1, 0.15) is 55.2 Å². The molecule has 2 rings (SSSR count). The Morgan fingerprint density at radius 2 is 2.19 bits per heavy atom. The first-order valence-corrected chi connectivity index (χ1v) is 6.97. The summed E-state index contributed by atoms with van der Waals surface area (Å²) in [6.45, 7) is 6.84. The Hall–Kier alpha value is -0.410. The lowest BCUT2D eigenvalue weighted by Crippen LogP contribution is -2.19. The summed E-state index contributed by atoms with van der Waals surface area (Å²) in [5.41, 5.74) is 1.70. The van der Waals surface area contributed by atoms with Gasteiger partial charge in [-0.25, -0.2) is 4.98 Å². The first kappa shape index (κ1) is 12.1. The molecule has 16 heavy (non-hydrogen) atoms. The molecule has 0 saturated heterocycles. The van der Waals surface area contributed by atoms with Gasteiger partial charge in [0.1, 0.15) is 0 Å². The highest BCUT2D eigenvalue weighted by molar-refractivity contribution is 7.11. The Morgan fingerprint density at radius 3 is 2.81 bits per heavy atom. The van der Waals surface area contributed by atoms with Gasteiger partial charge >= 0.3 is 0 Å². The fourth-order valence-electron chi connectivity index (χ4n) is 2.28. The molecule has 0 saturated carbocycles. The minimum atomic E-state index is 0.343. The number of nitrogens with one attached hydrogen (secondary N) is 1. The summed E-state index contributed by atoms with van der Waals surface area (Å²) in [4.78, 5) is 6.31. The largest absolute Gasteiger partial charge is 0.312 e. The molecule has 0 radical (unpaired) electrons. The smallest absolute Gasteiger partial charge is 0.0936 e. The molecule has 0 aromatic carbocycles. The Labute approximate surface area is 102 Å². The normalized spacial score (nSPS) is 20.9. The number of hydrogen-bond donors (Lipinski definition) is 1. The van der Waals surface area contributed by atoms with Crippen LogP contribution in [0.25, 0.3) is 0 Å². The van der Waals surface area contributed by atoms with Crippen molar-refractivity contribution in [2.24, 2.45) is 5.41 Å². The molecule has 1 unspecified atom stereocenters. The molecule has 1 N–H and O–H groups in total. The highest BCUT2D eigenvalue weighted by Gasteiger charge is 2.24. The predicted octanol–water partition coefficient (Wildman–Crippen LogP) is 3.33. The van der Waals surface area contributed by atoms with Crippen LogP contribution in [0.2, 0.25) is 0 Å². The van der Waals surface area contributed by atoms with Crippen molar-refractivity contribution in [3.8, 4) is 0 Å². The summed E-state index contributed by atoms with van der Waals surface area (Å²) in [7, 11) is 2.06. The standard InChI is InChI=1S/C13H22N2S/c1-13(2,3)8-11-15-10-7-5-6-9(14-4)12(10)16-11/h9,14H,5-8H2,1-4H3. The number of rotatable bonds is 2. The monoisotopic (exact) mass is 238 g/mol. The van der Waals surface area contributed by atoms with Crippen LogP contribution in [0.15, 0.2) is 0 Å². The number of nitrogens with zero attached hydrogens (tertiary/aromatic N) is 1. The Kier molecular flexibility index (Phi) is 3.36. The van der Waals surface area contributed by atoms with E-state index in [-0.39, 0.29) is 0 Å². The van der Waals surface area contributed by atoms with E-state index < -0.39 is 0 Å². The number of hydrogen-bond acceptors (Lipinski definition) is 3. The lowest BCUT2D eigenvalue weighted by atomic mass is 9.93. The van der Waals surface area contributed by atoms with Crippen molar-refractivity contribution in [2.45, 2.75) is 52.5 Å². The van der Waals surface area contributed by atoms with Crippen molar-refractivity contribution in [3.63, 3.8) is 0 Å². The minimum Gasteiger partial charge on any atom is -0.312 e. The van der Waals surface area contributed by atoms with Gasteiger partial charge in [-0.15, -0.1) is 11.3 Å². The maximum absolute atomic E-state index is 4.81. The zero-order valence-corrected chi connectivity index (χ0v) is 11.6. The lowest BCUT2D eigenvalue weighted by molar-refractivity contribution is 0.410. The predicted molar refractivity (Wildman–Crippen MR) is 70.0 cm³/mol. The molecular weight excluding hydrogens is 216 g/mol. The Bertz CT molecular complexity index is 362.